The molecule has 0 fully saturated rings. The monoisotopic (exact) mass is 260 g/mol. The van der Waals surface area contributed by atoms with Crippen molar-refractivity contribution < 1.29 is 9.47 Å². The molecule has 0 aromatic carbocycles. The predicted molar refractivity (Wildman–Crippen MR) is 83.0 cm³/mol. The molecule has 0 heterocycles. The van der Waals surface area contributed by atoms with E-state index in [2.05, 4.69) is 26.3 Å². The highest BCUT2D eigenvalue weighted by Crippen LogP contribution is 2.19. The maximum absolute atomic E-state index is 5.17. The minimum atomic E-state index is 0.607. The largest absolute Gasteiger partial charge is 0.497 e. The summed E-state index contributed by atoms with van der Waals surface area (Å²) in [6.07, 6.45) is 6.45. The van der Waals surface area contributed by atoms with Gasteiger partial charge in [-0.05, 0) is 36.1 Å². The highest BCUT2D eigenvalue weighted by atomic mass is 16.5. The molecule has 0 aliphatic heterocycles. The van der Waals surface area contributed by atoms with Crippen LogP contribution in [0.1, 0.15) is 13.3 Å². The zero-order chi connectivity index (χ0) is 14.8. The molecular formula is C17H24O2. The minimum absolute atomic E-state index is 0.607. The van der Waals surface area contributed by atoms with Crippen LogP contribution in [0.4, 0.5) is 0 Å². The van der Waals surface area contributed by atoms with Gasteiger partial charge in [-0.1, -0.05) is 44.0 Å². The van der Waals surface area contributed by atoms with Crippen molar-refractivity contribution in [3.05, 3.63) is 72.6 Å². The molecule has 0 atom stereocenters. The summed E-state index contributed by atoms with van der Waals surface area (Å²) in [7, 11) is 3.26. The van der Waals surface area contributed by atoms with Crippen molar-refractivity contribution >= 4 is 0 Å². The molecule has 0 saturated heterocycles. The Morgan fingerprint density at radius 2 is 1.63 bits per heavy atom. The van der Waals surface area contributed by atoms with E-state index in [1.54, 1.807) is 14.2 Å². The first-order valence-corrected chi connectivity index (χ1v) is 6.07. The summed E-state index contributed by atoms with van der Waals surface area (Å²) in [5.41, 5.74) is 3.58. The number of hydrogen-bond acceptors (Lipinski definition) is 2. The second kappa shape index (κ2) is 9.17. The van der Waals surface area contributed by atoms with Gasteiger partial charge in [0.2, 0.25) is 0 Å². The molecule has 0 bridgehead atoms. The van der Waals surface area contributed by atoms with Crippen LogP contribution in [-0.2, 0) is 9.47 Å². The molecular weight excluding hydrogens is 236 g/mol. The van der Waals surface area contributed by atoms with Crippen molar-refractivity contribution in [3.63, 3.8) is 0 Å². The molecule has 19 heavy (non-hydrogen) atoms. The summed E-state index contributed by atoms with van der Waals surface area (Å²) < 4.78 is 10.2. The summed E-state index contributed by atoms with van der Waals surface area (Å²) in [6.45, 7) is 18.2. The molecule has 0 radical (unpaired) electrons. The molecule has 2 heteroatoms. The van der Waals surface area contributed by atoms with Crippen LogP contribution in [0.25, 0.3) is 0 Å². The van der Waals surface area contributed by atoms with Crippen LogP contribution in [0.3, 0.4) is 0 Å². The molecule has 2 nitrogen and oxygen atoms in total. The maximum atomic E-state index is 5.17. The average molecular weight is 260 g/mol. The van der Waals surface area contributed by atoms with Crippen molar-refractivity contribution in [3.8, 4) is 0 Å². The smallest absolute Gasteiger partial charge is 0.114 e. The molecule has 0 aliphatic rings. The van der Waals surface area contributed by atoms with Gasteiger partial charge in [0.1, 0.15) is 5.76 Å². The summed E-state index contributed by atoms with van der Waals surface area (Å²) in [4.78, 5) is 0. The normalized spacial score (nSPS) is 11.4. The van der Waals surface area contributed by atoms with Gasteiger partial charge in [-0.2, -0.15) is 0 Å². The standard InChI is InChI=1S/C17H24O2/c1-13(2)8-9-14(3)15(4)12-17(10-11-18-6)16(5)19-7/h8-9,12H,1,3-5,10-11H2,2,6-7H3/b9-8-,17-12-. The lowest BCUT2D eigenvalue weighted by Gasteiger charge is -2.10. The van der Waals surface area contributed by atoms with Crippen LogP contribution in [-0.4, -0.2) is 20.8 Å². The zero-order valence-electron chi connectivity index (χ0n) is 12.3. The van der Waals surface area contributed by atoms with Crippen LogP contribution in [0.2, 0.25) is 0 Å². The van der Waals surface area contributed by atoms with Crippen molar-refractivity contribution in [2.75, 3.05) is 20.8 Å². The molecule has 0 rings (SSSR count). The van der Waals surface area contributed by atoms with E-state index in [1.807, 2.05) is 25.2 Å². The van der Waals surface area contributed by atoms with E-state index >= 15 is 0 Å². The molecule has 0 aromatic rings. The first-order chi connectivity index (χ1) is 8.92. The predicted octanol–water partition coefficient (Wildman–Crippen LogP) is 4.35. The first-order valence-electron chi connectivity index (χ1n) is 6.07. The molecule has 0 N–H and O–H groups in total. The van der Waals surface area contributed by atoms with E-state index in [0.717, 1.165) is 28.7 Å². The fraction of sp³-hybridized carbons (Fsp3) is 0.294. The van der Waals surface area contributed by atoms with Gasteiger partial charge >= 0.3 is 0 Å². The second-order valence-electron chi connectivity index (χ2n) is 4.27. The van der Waals surface area contributed by atoms with E-state index in [9.17, 15) is 0 Å². The van der Waals surface area contributed by atoms with Crippen molar-refractivity contribution in [2.24, 2.45) is 0 Å². The Balaban J connectivity index is 4.91. The number of hydrogen-bond donors (Lipinski definition) is 0. The lowest BCUT2D eigenvalue weighted by atomic mass is 10.0. The van der Waals surface area contributed by atoms with Crippen LogP contribution in [0.15, 0.2) is 72.6 Å². The van der Waals surface area contributed by atoms with E-state index in [1.165, 1.54) is 0 Å². The summed E-state index contributed by atoms with van der Waals surface area (Å²) in [5.74, 6) is 0.620. The van der Waals surface area contributed by atoms with E-state index in [-0.39, 0.29) is 0 Å². The minimum Gasteiger partial charge on any atom is -0.497 e. The number of ether oxygens (including phenoxy) is 2. The third-order valence-corrected chi connectivity index (χ3v) is 2.51. The Kier molecular flexibility index (Phi) is 8.30. The van der Waals surface area contributed by atoms with E-state index in [4.69, 9.17) is 9.47 Å². The van der Waals surface area contributed by atoms with Gasteiger partial charge in [-0.15, -0.1) is 0 Å². The maximum Gasteiger partial charge on any atom is 0.114 e. The molecule has 0 aromatic heterocycles. The lowest BCUT2D eigenvalue weighted by molar-refractivity contribution is 0.199. The van der Waals surface area contributed by atoms with Crippen molar-refractivity contribution in [1.82, 2.24) is 0 Å². The first kappa shape index (κ1) is 17.2. The number of rotatable bonds is 9. The molecule has 0 spiro atoms. The van der Waals surface area contributed by atoms with Gasteiger partial charge in [0.25, 0.3) is 0 Å². The number of methoxy groups -OCH3 is 2. The fourth-order valence-corrected chi connectivity index (χ4v) is 1.29. The van der Waals surface area contributed by atoms with Crippen molar-refractivity contribution in [2.45, 2.75) is 13.3 Å². The molecule has 0 amide bonds. The summed E-state index contributed by atoms with van der Waals surface area (Å²) in [6, 6.07) is 0. The lowest BCUT2D eigenvalue weighted by Crippen LogP contribution is -1.98. The van der Waals surface area contributed by atoms with E-state index in [0.29, 0.717) is 12.4 Å². The van der Waals surface area contributed by atoms with Gasteiger partial charge < -0.3 is 9.47 Å². The topological polar surface area (TPSA) is 18.5 Å². The second-order valence-corrected chi connectivity index (χ2v) is 4.27. The quantitative estimate of drug-likeness (QED) is 0.453. The third-order valence-electron chi connectivity index (χ3n) is 2.51. The average Bonchev–Trinajstić information content (AvgIpc) is 2.39. The van der Waals surface area contributed by atoms with Gasteiger partial charge in [-0.25, -0.2) is 0 Å². The van der Waals surface area contributed by atoms with Gasteiger partial charge in [-0.3, -0.25) is 0 Å². The summed E-state index contributed by atoms with van der Waals surface area (Å²) in [5, 5.41) is 0. The molecule has 104 valence electrons. The van der Waals surface area contributed by atoms with Gasteiger partial charge in [0, 0.05) is 7.11 Å². The Labute approximate surface area is 117 Å². The molecule has 0 unspecified atom stereocenters. The fourth-order valence-electron chi connectivity index (χ4n) is 1.29. The van der Waals surface area contributed by atoms with Crippen LogP contribution < -0.4 is 0 Å². The van der Waals surface area contributed by atoms with Gasteiger partial charge in [0.05, 0.1) is 13.7 Å². The van der Waals surface area contributed by atoms with Crippen LogP contribution in [0, 0.1) is 0 Å². The third kappa shape index (κ3) is 7.27. The Bertz CT molecular complexity index is 423. The van der Waals surface area contributed by atoms with E-state index < -0.39 is 0 Å². The Morgan fingerprint density at radius 1 is 1.00 bits per heavy atom. The van der Waals surface area contributed by atoms with Crippen molar-refractivity contribution in [1.29, 1.82) is 0 Å². The highest BCUT2D eigenvalue weighted by Gasteiger charge is 2.04. The Morgan fingerprint density at radius 3 is 2.11 bits per heavy atom. The molecule has 0 saturated carbocycles. The molecule has 0 aliphatic carbocycles. The number of allylic oxidation sites excluding steroid dienone is 7. The zero-order valence-corrected chi connectivity index (χ0v) is 12.3. The van der Waals surface area contributed by atoms with Crippen LogP contribution in [0.5, 0.6) is 0 Å². The summed E-state index contributed by atoms with van der Waals surface area (Å²) >= 11 is 0. The van der Waals surface area contributed by atoms with Crippen LogP contribution >= 0.6 is 0 Å². The highest BCUT2D eigenvalue weighted by molar-refractivity contribution is 5.47. The Hall–Kier alpha value is -1.80. The van der Waals surface area contributed by atoms with Gasteiger partial charge in [0.15, 0.2) is 0 Å². The SMILES string of the molecule is C=C(C)/C=C\C(=C)C(=C)/C=C(/CCOC)C(=C)OC.